The van der Waals surface area contributed by atoms with E-state index in [0.717, 1.165) is 25.7 Å². The zero-order valence-corrected chi connectivity index (χ0v) is 12.2. The first-order valence-electron chi connectivity index (χ1n) is 6.86. The second-order valence-corrected chi connectivity index (χ2v) is 4.57. The van der Waals surface area contributed by atoms with Gasteiger partial charge in [0.1, 0.15) is 0 Å². The van der Waals surface area contributed by atoms with E-state index in [0.29, 0.717) is 12.2 Å². The third-order valence-corrected chi connectivity index (χ3v) is 2.77. The molecule has 0 saturated carbocycles. The lowest BCUT2D eigenvalue weighted by Crippen LogP contribution is -2.26. The lowest BCUT2D eigenvalue weighted by molar-refractivity contribution is -0.234. The molecule has 0 bridgehead atoms. The fourth-order valence-electron chi connectivity index (χ4n) is 1.49. The van der Waals surface area contributed by atoms with E-state index in [-0.39, 0.29) is 12.5 Å². The summed E-state index contributed by atoms with van der Waals surface area (Å²) in [5.41, 5.74) is 0. The maximum absolute atomic E-state index is 12.4. The van der Waals surface area contributed by atoms with E-state index < -0.39 is 24.7 Å². The standard InChI is InChI=1S/C14H21F3O4/c1-3-5-6-11(4-2)9-20-12(18)7-8-13(19)21-14(16,17)10-15/h7-8,11H,3-6,9-10H2,1-2H3/b8-7-. The van der Waals surface area contributed by atoms with Crippen molar-refractivity contribution in [3.05, 3.63) is 12.2 Å². The van der Waals surface area contributed by atoms with E-state index in [1.54, 1.807) is 0 Å². The number of hydrogen-bond donors (Lipinski definition) is 0. The van der Waals surface area contributed by atoms with Crippen molar-refractivity contribution in [2.75, 3.05) is 13.3 Å². The summed E-state index contributed by atoms with van der Waals surface area (Å²) in [5.74, 6) is -2.11. The van der Waals surface area contributed by atoms with Gasteiger partial charge in [0.25, 0.3) is 0 Å². The lowest BCUT2D eigenvalue weighted by Gasteiger charge is -2.13. The highest BCUT2D eigenvalue weighted by molar-refractivity contribution is 5.91. The summed E-state index contributed by atoms with van der Waals surface area (Å²) < 4.78 is 44.9. The first kappa shape index (κ1) is 19.5. The number of esters is 2. The van der Waals surface area contributed by atoms with Crippen LogP contribution in [0.2, 0.25) is 0 Å². The molecule has 0 aromatic rings. The first-order valence-corrected chi connectivity index (χ1v) is 6.86. The van der Waals surface area contributed by atoms with Gasteiger partial charge in [-0.2, -0.15) is 8.78 Å². The molecule has 1 unspecified atom stereocenters. The number of ether oxygens (including phenoxy) is 2. The van der Waals surface area contributed by atoms with Gasteiger partial charge in [0.15, 0.2) is 6.67 Å². The van der Waals surface area contributed by atoms with E-state index in [1.165, 1.54) is 0 Å². The van der Waals surface area contributed by atoms with Gasteiger partial charge in [-0.25, -0.2) is 14.0 Å². The quantitative estimate of drug-likeness (QED) is 0.458. The van der Waals surface area contributed by atoms with Gasteiger partial charge in [0.2, 0.25) is 0 Å². The van der Waals surface area contributed by atoms with Crippen molar-refractivity contribution in [2.24, 2.45) is 5.92 Å². The minimum atomic E-state index is -4.18. The van der Waals surface area contributed by atoms with Crippen LogP contribution in [0.1, 0.15) is 39.5 Å². The van der Waals surface area contributed by atoms with Crippen molar-refractivity contribution in [2.45, 2.75) is 45.6 Å². The van der Waals surface area contributed by atoms with Gasteiger partial charge in [-0.15, -0.1) is 0 Å². The molecule has 0 fully saturated rings. The molecule has 4 nitrogen and oxygen atoms in total. The SMILES string of the molecule is CCCCC(CC)COC(=O)/C=C\C(=O)OC(F)(F)CF. The number of rotatable bonds is 10. The number of alkyl halides is 3. The van der Waals surface area contributed by atoms with Crippen LogP contribution >= 0.6 is 0 Å². The van der Waals surface area contributed by atoms with Crippen molar-refractivity contribution >= 4 is 11.9 Å². The maximum Gasteiger partial charge on any atom is 0.429 e. The van der Waals surface area contributed by atoms with E-state index in [2.05, 4.69) is 11.7 Å². The third-order valence-electron chi connectivity index (χ3n) is 2.77. The molecule has 0 aromatic carbocycles. The molecule has 0 N–H and O–H groups in total. The second-order valence-electron chi connectivity index (χ2n) is 4.57. The Bertz CT molecular complexity index is 356. The van der Waals surface area contributed by atoms with E-state index >= 15 is 0 Å². The van der Waals surface area contributed by atoms with Crippen LogP contribution in [0.4, 0.5) is 13.2 Å². The molecular formula is C14H21F3O4. The first-order chi connectivity index (χ1) is 9.84. The number of unbranched alkanes of at least 4 members (excludes halogenated alkanes) is 1. The Labute approximate surface area is 122 Å². The molecule has 0 aliphatic rings. The normalized spacial score (nSPS) is 13.2. The molecule has 0 radical (unpaired) electrons. The van der Waals surface area contributed by atoms with Crippen LogP contribution in [0.25, 0.3) is 0 Å². The molecule has 0 aliphatic carbocycles. The predicted octanol–water partition coefficient (Wildman–Crippen LogP) is 3.41. The number of halogens is 3. The van der Waals surface area contributed by atoms with Crippen molar-refractivity contribution in [1.82, 2.24) is 0 Å². The zero-order chi connectivity index (χ0) is 16.3. The molecule has 0 heterocycles. The molecule has 0 saturated heterocycles. The average molecular weight is 310 g/mol. The summed E-state index contributed by atoms with van der Waals surface area (Å²) in [6, 6.07) is 0. The average Bonchev–Trinajstić information content (AvgIpc) is 2.45. The molecule has 122 valence electrons. The predicted molar refractivity (Wildman–Crippen MR) is 70.4 cm³/mol. The van der Waals surface area contributed by atoms with Gasteiger partial charge >= 0.3 is 18.0 Å². The number of hydrogen-bond acceptors (Lipinski definition) is 4. The zero-order valence-electron chi connectivity index (χ0n) is 12.2. The summed E-state index contributed by atoms with van der Waals surface area (Å²) in [6.45, 7) is 2.11. The largest absolute Gasteiger partial charge is 0.462 e. The highest BCUT2D eigenvalue weighted by Gasteiger charge is 2.33. The van der Waals surface area contributed by atoms with Crippen LogP contribution in [0.15, 0.2) is 12.2 Å². The lowest BCUT2D eigenvalue weighted by atomic mass is 10.0. The van der Waals surface area contributed by atoms with Crippen LogP contribution in [0.5, 0.6) is 0 Å². The highest BCUT2D eigenvalue weighted by Crippen LogP contribution is 2.16. The molecule has 1 atom stereocenters. The summed E-state index contributed by atoms with van der Waals surface area (Å²) in [4.78, 5) is 22.2. The maximum atomic E-state index is 12.4. The van der Waals surface area contributed by atoms with Crippen LogP contribution in [-0.2, 0) is 19.1 Å². The number of carbonyl (C=O) groups excluding carboxylic acids is 2. The Kier molecular flexibility index (Phi) is 9.49. The molecule has 21 heavy (non-hydrogen) atoms. The molecule has 0 amide bonds. The Morgan fingerprint density at radius 3 is 2.33 bits per heavy atom. The summed E-state index contributed by atoms with van der Waals surface area (Å²) in [5, 5.41) is 0. The van der Waals surface area contributed by atoms with E-state index in [9.17, 15) is 22.8 Å². The highest BCUT2D eigenvalue weighted by atomic mass is 19.3. The van der Waals surface area contributed by atoms with E-state index in [1.807, 2.05) is 6.92 Å². The topological polar surface area (TPSA) is 52.6 Å². The fourth-order valence-corrected chi connectivity index (χ4v) is 1.49. The van der Waals surface area contributed by atoms with Gasteiger partial charge < -0.3 is 9.47 Å². The fraction of sp³-hybridized carbons (Fsp3) is 0.714. The third kappa shape index (κ3) is 9.92. The molecule has 0 aromatic heterocycles. The minimum Gasteiger partial charge on any atom is -0.462 e. The molecule has 0 aliphatic heterocycles. The Balaban J connectivity index is 4.12. The molecule has 0 rings (SSSR count). The van der Waals surface area contributed by atoms with Crippen LogP contribution in [-0.4, -0.2) is 31.3 Å². The van der Waals surface area contributed by atoms with Crippen LogP contribution in [0, 0.1) is 5.92 Å². The van der Waals surface area contributed by atoms with Crippen LogP contribution in [0.3, 0.4) is 0 Å². The summed E-state index contributed by atoms with van der Waals surface area (Å²) in [7, 11) is 0. The summed E-state index contributed by atoms with van der Waals surface area (Å²) in [6.07, 6.45) is 0.826. The smallest absolute Gasteiger partial charge is 0.429 e. The Hall–Kier alpha value is -1.53. The monoisotopic (exact) mass is 310 g/mol. The van der Waals surface area contributed by atoms with Gasteiger partial charge in [-0.1, -0.05) is 33.1 Å². The minimum absolute atomic E-state index is 0.204. The molecule has 7 heteroatoms. The summed E-state index contributed by atoms with van der Waals surface area (Å²) >= 11 is 0. The van der Waals surface area contributed by atoms with Crippen molar-refractivity contribution in [3.8, 4) is 0 Å². The number of carbonyl (C=O) groups is 2. The van der Waals surface area contributed by atoms with Crippen molar-refractivity contribution < 1.29 is 32.2 Å². The second kappa shape index (κ2) is 10.2. The van der Waals surface area contributed by atoms with Crippen LogP contribution < -0.4 is 0 Å². The van der Waals surface area contributed by atoms with Gasteiger partial charge in [0, 0.05) is 12.2 Å². The van der Waals surface area contributed by atoms with Gasteiger partial charge in [-0.3, -0.25) is 0 Å². The Morgan fingerprint density at radius 2 is 1.81 bits per heavy atom. The van der Waals surface area contributed by atoms with Gasteiger partial charge in [-0.05, 0) is 12.3 Å². The van der Waals surface area contributed by atoms with Crippen molar-refractivity contribution in [3.63, 3.8) is 0 Å². The van der Waals surface area contributed by atoms with E-state index in [4.69, 9.17) is 4.74 Å². The Morgan fingerprint density at radius 1 is 1.19 bits per heavy atom. The van der Waals surface area contributed by atoms with Gasteiger partial charge in [0.05, 0.1) is 6.61 Å². The van der Waals surface area contributed by atoms with Crippen molar-refractivity contribution in [1.29, 1.82) is 0 Å². The molecular weight excluding hydrogens is 289 g/mol. The molecule has 0 spiro atoms.